The van der Waals surface area contributed by atoms with E-state index >= 15 is 0 Å². The molecule has 186 valence electrons. The number of nitrogens with one attached hydrogen (secondary N) is 1. The highest BCUT2D eigenvalue weighted by Crippen LogP contribution is 2.27. The summed E-state index contributed by atoms with van der Waals surface area (Å²) >= 11 is 0. The van der Waals surface area contributed by atoms with E-state index in [1.807, 2.05) is 45.0 Å². The van der Waals surface area contributed by atoms with Gasteiger partial charge in [0, 0.05) is 30.8 Å². The lowest BCUT2D eigenvalue weighted by atomic mass is 10.1. The number of nitrogens with zero attached hydrogens (tertiary/aromatic N) is 1. The van der Waals surface area contributed by atoms with Crippen LogP contribution in [-0.4, -0.2) is 56.7 Å². The standard InChI is InChI=1S/C26H36N2O6/c1-7-18(3)27-26(30)24(8-2)28(16-19-10-9-11-20(12-19)31-4)25(29)17-34-23-14-21(32-5)13-22(15-23)33-6/h9-15,18,24H,7-8,16-17H2,1-6H3,(H,27,30)/t18-,24-/m0/s1. The molecule has 8 heteroatoms. The first-order chi connectivity index (χ1) is 16.3. The zero-order chi connectivity index (χ0) is 25.1. The number of carbonyl (C=O) groups excluding carboxylic acids is 2. The summed E-state index contributed by atoms with van der Waals surface area (Å²) in [5.74, 6) is 1.72. The molecule has 0 aliphatic rings. The fourth-order valence-corrected chi connectivity index (χ4v) is 3.42. The summed E-state index contributed by atoms with van der Waals surface area (Å²) < 4.78 is 21.6. The van der Waals surface area contributed by atoms with E-state index in [-0.39, 0.29) is 31.0 Å². The summed E-state index contributed by atoms with van der Waals surface area (Å²) in [6, 6.07) is 11.9. The molecule has 0 fully saturated rings. The summed E-state index contributed by atoms with van der Waals surface area (Å²) in [5.41, 5.74) is 0.852. The first-order valence-corrected chi connectivity index (χ1v) is 11.4. The predicted octanol–water partition coefficient (Wildman–Crippen LogP) is 3.81. The first-order valence-electron chi connectivity index (χ1n) is 11.4. The Hall–Kier alpha value is -3.42. The maximum absolute atomic E-state index is 13.4. The van der Waals surface area contributed by atoms with Crippen LogP contribution in [0.25, 0.3) is 0 Å². The average molecular weight is 473 g/mol. The van der Waals surface area contributed by atoms with Crippen LogP contribution in [0, 0.1) is 0 Å². The lowest BCUT2D eigenvalue weighted by Crippen LogP contribution is -2.51. The summed E-state index contributed by atoms with van der Waals surface area (Å²) in [4.78, 5) is 28.0. The topological polar surface area (TPSA) is 86.3 Å². The van der Waals surface area contributed by atoms with E-state index in [0.29, 0.717) is 29.4 Å². The second kappa shape index (κ2) is 13.3. The van der Waals surface area contributed by atoms with Crippen LogP contribution in [0.4, 0.5) is 0 Å². The second-order valence-corrected chi connectivity index (χ2v) is 7.95. The van der Waals surface area contributed by atoms with Crippen LogP contribution in [0.2, 0.25) is 0 Å². The molecule has 2 atom stereocenters. The highest BCUT2D eigenvalue weighted by atomic mass is 16.5. The molecule has 0 aromatic heterocycles. The van der Waals surface area contributed by atoms with Crippen molar-refractivity contribution in [3.63, 3.8) is 0 Å². The molecule has 2 rings (SSSR count). The van der Waals surface area contributed by atoms with E-state index in [1.165, 1.54) is 0 Å². The minimum absolute atomic E-state index is 0.0100. The molecule has 0 heterocycles. The smallest absolute Gasteiger partial charge is 0.261 e. The molecule has 2 amide bonds. The predicted molar refractivity (Wildman–Crippen MR) is 131 cm³/mol. The molecule has 0 aliphatic carbocycles. The van der Waals surface area contributed by atoms with E-state index in [1.54, 1.807) is 44.4 Å². The van der Waals surface area contributed by atoms with E-state index in [4.69, 9.17) is 18.9 Å². The molecule has 0 spiro atoms. The van der Waals surface area contributed by atoms with Gasteiger partial charge in [0.2, 0.25) is 5.91 Å². The van der Waals surface area contributed by atoms with Crippen molar-refractivity contribution in [2.45, 2.75) is 52.2 Å². The molecule has 0 bridgehead atoms. The number of ether oxygens (including phenoxy) is 4. The molecule has 0 aliphatic heterocycles. The second-order valence-electron chi connectivity index (χ2n) is 7.95. The van der Waals surface area contributed by atoms with Crippen LogP contribution >= 0.6 is 0 Å². The van der Waals surface area contributed by atoms with Gasteiger partial charge in [-0.3, -0.25) is 9.59 Å². The lowest BCUT2D eigenvalue weighted by Gasteiger charge is -2.31. The van der Waals surface area contributed by atoms with Crippen LogP contribution in [-0.2, 0) is 16.1 Å². The van der Waals surface area contributed by atoms with Crippen molar-refractivity contribution in [2.24, 2.45) is 0 Å². The minimum atomic E-state index is -0.642. The highest BCUT2D eigenvalue weighted by Gasteiger charge is 2.29. The number of amides is 2. The van der Waals surface area contributed by atoms with E-state index in [9.17, 15) is 9.59 Å². The van der Waals surface area contributed by atoms with Crippen LogP contribution in [0.3, 0.4) is 0 Å². The largest absolute Gasteiger partial charge is 0.497 e. The van der Waals surface area contributed by atoms with Crippen molar-refractivity contribution >= 4 is 11.8 Å². The first kappa shape index (κ1) is 26.8. The molecule has 2 aromatic rings. The quantitative estimate of drug-likeness (QED) is 0.477. The molecule has 0 saturated heterocycles. The van der Waals surface area contributed by atoms with Crippen LogP contribution in [0.5, 0.6) is 23.0 Å². The fourth-order valence-electron chi connectivity index (χ4n) is 3.42. The van der Waals surface area contributed by atoms with Crippen LogP contribution < -0.4 is 24.3 Å². The summed E-state index contributed by atoms with van der Waals surface area (Å²) in [6.07, 6.45) is 1.26. The molecule has 0 unspecified atom stereocenters. The van der Waals surface area contributed by atoms with Crippen LogP contribution in [0.1, 0.15) is 39.2 Å². The van der Waals surface area contributed by atoms with Gasteiger partial charge in [0.05, 0.1) is 21.3 Å². The third-order valence-corrected chi connectivity index (χ3v) is 5.56. The SMILES string of the molecule is CC[C@H](C)NC(=O)[C@H](CC)N(Cc1cccc(OC)c1)C(=O)COc1cc(OC)cc(OC)c1. The van der Waals surface area contributed by atoms with E-state index in [2.05, 4.69) is 5.32 Å². The molecule has 2 aromatic carbocycles. The minimum Gasteiger partial charge on any atom is -0.497 e. The van der Waals surface area contributed by atoms with E-state index < -0.39 is 6.04 Å². The average Bonchev–Trinajstić information content (AvgIpc) is 2.86. The zero-order valence-corrected chi connectivity index (χ0v) is 20.9. The highest BCUT2D eigenvalue weighted by molar-refractivity contribution is 5.88. The van der Waals surface area contributed by atoms with Gasteiger partial charge in [-0.25, -0.2) is 0 Å². The number of methoxy groups -OCH3 is 3. The van der Waals surface area contributed by atoms with Crippen LogP contribution in [0.15, 0.2) is 42.5 Å². The third-order valence-electron chi connectivity index (χ3n) is 5.56. The van der Waals surface area contributed by atoms with Crippen molar-refractivity contribution in [1.29, 1.82) is 0 Å². The number of hydrogen-bond acceptors (Lipinski definition) is 6. The molecule has 34 heavy (non-hydrogen) atoms. The van der Waals surface area contributed by atoms with Gasteiger partial charge in [0.1, 0.15) is 29.0 Å². The summed E-state index contributed by atoms with van der Waals surface area (Å²) in [7, 11) is 4.68. The van der Waals surface area contributed by atoms with Gasteiger partial charge in [0.25, 0.3) is 5.91 Å². The number of carbonyl (C=O) groups is 2. The lowest BCUT2D eigenvalue weighted by molar-refractivity contribution is -0.143. The number of hydrogen-bond donors (Lipinski definition) is 1. The Morgan fingerprint density at radius 1 is 0.882 bits per heavy atom. The van der Waals surface area contributed by atoms with Gasteiger partial charge in [-0.05, 0) is 37.5 Å². The molecule has 8 nitrogen and oxygen atoms in total. The maximum atomic E-state index is 13.4. The molecular formula is C26H36N2O6. The van der Waals surface area contributed by atoms with Gasteiger partial charge in [-0.1, -0.05) is 26.0 Å². The van der Waals surface area contributed by atoms with Crippen molar-refractivity contribution < 1.29 is 28.5 Å². The van der Waals surface area contributed by atoms with Gasteiger partial charge in [-0.2, -0.15) is 0 Å². The Morgan fingerprint density at radius 3 is 2.06 bits per heavy atom. The Kier molecular flexibility index (Phi) is 10.5. The normalized spacial score (nSPS) is 12.3. The number of benzene rings is 2. The molecule has 1 N–H and O–H groups in total. The van der Waals surface area contributed by atoms with Gasteiger partial charge >= 0.3 is 0 Å². The van der Waals surface area contributed by atoms with Gasteiger partial charge < -0.3 is 29.2 Å². The monoisotopic (exact) mass is 472 g/mol. The van der Waals surface area contributed by atoms with Crippen molar-refractivity contribution in [3.8, 4) is 23.0 Å². The summed E-state index contributed by atoms with van der Waals surface area (Å²) in [5, 5.41) is 3.00. The van der Waals surface area contributed by atoms with Crippen molar-refractivity contribution in [1.82, 2.24) is 10.2 Å². The van der Waals surface area contributed by atoms with Gasteiger partial charge in [0.15, 0.2) is 6.61 Å². The Balaban J connectivity index is 2.27. The van der Waals surface area contributed by atoms with Crippen molar-refractivity contribution in [2.75, 3.05) is 27.9 Å². The maximum Gasteiger partial charge on any atom is 0.261 e. The third kappa shape index (κ3) is 7.57. The molecule has 0 saturated carbocycles. The number of rotatable bonds is 13. The summed E-state index contributed by atoms with van der Waals surface area (Å²) in [6.45, 7) is 5.83. The van der Waals surface area contributed by atoms with Gasteiger partial charge in [-0.15, -0.1) is 0 Å². The zero-order valence-electron chi connectivity index (χ0n) is 20.9. The fraction of sp³-hybridized carbons (Fsp3) is 0.462. The Morgan fingerprint density at radius 2 is 1.50 bits per heavy atom. The Labute approximate surface area is 202 Å². The Bertz CT molecular complexity index is 926. The van der Waals surface area contributed by atoms with E-state index in [0.717, 1.165) is 12.0 Å². The molecule has 0 radical (unpaired) electrons. The molecular weight excluding hydrogens is 436 g/mol. The van der Waals surface area contributed by atoms with Crippen molar-refractivity contribution in [3.05, 3.63) is 48.0 Å².